The number of hydrazine groups is 1. The highest BCUT2D eigenvalue weighted by molar-refractivity contribution is 7.17. The van der Waals surface area contributed by atoms with Crippen molar-refractivity contribution in [1.29, 1.82) is 0 Å². The van der Waals surface area contributed by atoms with Crippen molar-refractivity contribution in [3.8, 4) is 16.3 Å². The largest absolute Gasteiger partial charge is 0.493 e. The molecule has 0 radical (unpaired) electrons. The Bertz CT molecular complexity index is 1030. The van der Waals surface area contributed by atoms with Gasteiger partial charge in [0.25, 0.3) is 11.8 Å². The van der Waals surface area contributed by atoms with Crippen LogP contribution in [0.2, 0.25) is 0 Å². The van der Waals surface area contributed by atoms with Gasteiger partial charge in [0, 0.05) is 17.2 Å². The minimum atomic E-state index is -0.449. The van der Waals surface area contributed by atoms with Crippen LogP contribution in [0.15, 0.2) is 60.7 Å². The fourth-order valence-corrected chi connectivity index (χ4v) is 3.57. The van der Waals surface area contributed by atoms with Gasteiger partial charge >= 0.3 is 0 Å². The molecule has 0 aliphatic rings. The quantitative estimate of drug-likeness (QED) is 0.478. The van der Waals surface area contributed by atoms with Crippen LogP contribution in [0, 0.1) is 6.92 Å². The summed E-state index contributed by atoms with van der Waals surface area (Å²) in [6.07, 6.45) is 2.98. The molecule has 148 valence electrons. The Morgan fingerprint density at radius 1 is 1.07 bits per heavy atom. The first-order valence-corrected chi connectivity index (χ1v) is 9.93. The summed E-state index contributed by atoms with van der Waals surface area (Å²) in [7, 11) is 0. The molecule has 1 heterocycles. The predicted molar refractivity (Wildman–Crippen MR) is 115 cm³/mol. The monoisotopic (exact) mass is 407 g/mol. The van der Waals surface area contributed by atoms with Crippen LogP contribution in [0.25, 0.3) is 16.6 Å². The number of aryl methyl sites for hydroxylation is 1. The first kappa shape index (κ1) is 20.3. The van der Waals surface area contributed by atoms with E-state index in [2.05, 4.69) is 15.8 Å². The maximum Gasteiger partial charge on any atom is 0.281 e. The second-order valence-electron chi connectivity index (χ2n) is 6.05. The summed E-state index contributed by atoms with van der Waals surface area (Å²) in [5, 5.41) is 0.756. The number of benzene rings is 2. The maximum absolute atomic E-state index is 12.4. The maximum atomic E-state index is 12.4. The van der Waals surface area contributed by atoms with Crippen molar-refractivity contribution < 1.29 is 14.3 Å². The third-order valence-electron chi connectivity index (χ3n) is 3.96. The molecule has 0 spiro atoms. The number of aromatic nitrogens is 1. The second-order valence-corrected chi connectivity index (χ2v) is 7.05. The standard InChI is InChI=1S/C22H21N3O3S/c1-3-28-18-12-8-7-9-16(18)13-14-19(26)24-25-21(27)20-15(2)23-22(29-20)17-10-5-4-6-11-17/h4-14H,3H2,1-2H3,(H,24,26)(H,25,27)/b14-13+. The molecule has 0 saturated carbocycles. The molecule has 6 nitrogen and oxygen atoms in total. The lowest BCUT2D eigenvalue weighted by atomic mass is 10.2. The molecule has 2 aromatic carbocycles. The SMILES string of the molecule is CCOc1ccccc1/C=C/C(=O)NNC(=O)c1sc(-c2ccccc2)nc1C. The van der Waals surface area contributed by atoms with Gasteiger partial charge in [0.05, 0.1) is 12.3 Å². The molecule has 29 heavy (non-hydrogen) atoms. The lowest BCUT2D eigenvalue weighted by molar-refractivity contribution is -0.117. The van der Waals surface area contributed by atoms with E-state index in [1.807, 2.05) is 61.5 Å². The van der Waals surface area contributed by atoms with Gasteiger partial charge < -0.3 is 4.74 Å². The highest BCUT2D eigenvalue weighted by Crippen LogP contribution is 2.27. The molecular formula is C22H21N3O3S. The third-order valence-corrected chi connectivity index (χ3v) is 5.16. The van der Waals surface area contributed by atoms with E-state index in [0.717, 1.165) is 16.1 Å². The summed E-state index contributed by atoms with van der Waals surface area (Å²) in [6, 6.07) is 17.0. The number of hydrogen-bond donors (Lipinski definition) is 2. The van der Waals surface area contributed by atoms with Gasteiger partial charge in [0.1, 0.15) is 15.6 Å². The van der Waals surface area contributed by atoms with E-state index in [4.69, 9.17) is 4.74 Å². The number of carbonyl (C=O) groups is 2. The van der Waals surface area contributed by atoms with E-state index in [-0.39, 0.29) is 0 Å². The van der Waals surface area contributed by atoms with Crippen LogP contribution in [0.4, 0.5) is 0 Å². The third kappa shape index (κ3) is 5.30. The van der Waals surface area contributed by atoms with Crippen molar-refractivity contribution in [3.05, 3.63) is 76.8 Å². The molecule has 2 N–H and O–H groups in total. The van der Waals surface area contributed by atoms with Gasteiger partial charge in [-0.15, -0.1) is 11.3 Å². The van der Waals surface area contributed by atoms with E-state index in [0.29, 0.717) is 22.9 Å². The number of para-hydroxylation sites is 1. The predicted octanol–water partition coefficient (Wildman–Crippen LogP) is 3.99. The molecular weight excluding hydrogens is 386 g/mol. The first-order chi connectivity index (χ1) is 14.1. The zero-order valence-electron chi connectivity index (χ0n) is 16.1. The molecule has 0 atom stereocenters. The Morgan fingerprint density at radius 3 is 2.55 bits per heavy atom. The number of ether oxygens (including phenoxy) is 1. The molecule has 2 amide bonds. The van der Waals surface area contributed by atoms with E-state index < -0.39 is 11.8 Å². The van der Waals surface area contributed by atoms with Gasteiger partial charge in [0.2, 0.25) is 0 Å². The van der Waals surface area contributed by atoms with Gasteiger partial charge in [0.15, 0.2) is 0 Å². The molecule has 7 heteroatoms. The Morgan fingerprint density at radius 2 is 1.79 bits per heavy atom. The molecule has 0 fully saturated rings. The first-order valence-electron chi connectivity index (χ1n) is 9.11. The molecule has 1 aromatic heterocycles. The summed E-state index contributed by atoms with van der Waals surface area (Å²) >= 11 is 1.28. The molecule has 0 bridgehead atoms. The Balaban J connectivity index is 1.61. The number of rotatable bonds is 6. The van der Waals surface area contributed by atoms with Crippen molar-refractivity contribution in [2.75, 3.05) is 6.61 Å². The minimum absolute atomic E-state index is 0.404. The number of nitrogens with zero attached hydrogens (tertiary/aromatic N) is 1. The van der Waals surface area contributed by atoms with Crippen LogP contribution in [-0.2, 0) is 4.79 Å². The van der Waals surface area contributed by atoms with Crippen LogP contribution in [0.3, 0.4) is 0 Å². The molecule has 0 aliphatic carbocycles. The van der Waals surface area contributed by atoms with Gasteiger partial charge in [-0.3, -0.25) is 20.4 Å². The molecule has 3 rings (SSSR count). The van der Waals surface area contributed by atoms with Gasteiger partial charge in [-0.25, -0.2) is 4.98 Å². The number of amides is 2. The smallest absolute Gasteiger partial charge is 0.281 e. The van der Waals surface area contributed by atoms with Crippen LogP contribution >= 0.6 is 11.3 Å². The summed E-state index contributed by atoms with van der Waals surface area (Å²) < 4.78 is 5.52. The minimum Gasteiger partial charge on any atom is -0.493 e. The molecule has 0 aliphatic heterocycles. The summed E-state index contributed by atoms with van der Waals surface area (Å²) in [4.78, 5) is 29.4. The molecule has 0 saturated heterocycles. The van der Waals surface area contributed by atoms with Crippen molar-refractivity contribution in [2.45, 2.75) is 13.8 Å². The number of nitrogens with one attached hydrogen (secondary N) is 2. The summed E-state index contributed by atoms with van der Waals surface area (Å²) in [5.74, 6) is -0.162. The van der Waals surface area contributed by atoms with Crippen molar-refractivity contribution in [3.63, 3.8) is 0 Å². The van der Waals surface area contributed by atoms with E-state index >= 15 is 0 Å². The van der Waals surface area contributed by atoms with Crippen LogP contribution in [-0.4, -0.2) is 23.4 Å². The fourth-order valence-electron chi connectivity index (χ4n) is 2.60. The fraction of sp³-hybridized carbons (Fsp3) is 0.136. The van der Waals surface area contributed by atoms with Gasteiger partial charge in [-0.2, -0.15) is 0 Å². The Labute approximate surface area is 173 Å². The Kier molecular flexibility index (Phi) is 6.76. The highest BCUT2D eigenvalue weighted by atomic mass is 32.1. The highest BCUT2D eigenvalue weighted by Gasteiger charge is 2.16. The molecule has 3 aromatic rings. The lowest BCUT2D eigenvalue weighted by Crippen LogP contribution is -2.40. The van der Waals surface area contributed by atoms with Crippen molar-refractivity contribution in [2.24, 2.45) is 0 Å². The topological polar surface area (TPSA) is 80.3 Å². The Hall–Kier alpha value is -3.45. The lowest BCUT2D eigenvalue weighted by Gasteiger charge is -2.06. The number of carbonyl (C=O) groups excluding carboxylic acids is 2. The van der Waals surface area contributed by atoms with Crippen LogP contribution in [0.5, 0.6) is 5.75 Å². The van der Waals surface area contributed by atoms with Gasteiger partial charge in [-0.1, -0.05) is 48.5 Å². The van der Waals surface area contributed by atoms with Crippen molar-refractivity contribution >= 4 is 29.2 Å². The van der Waals surface area contributed by atoms with Crippen LogP contribution in [0.1, 0.15) is 27.9 Å². The van der Waals surface area contributed by atoms with E-state index in [1.54, 1.807) is 13.0 Å². The second kappa shape index (κ2) is 9.66. The van der Waals surface area contributed by atoms with Gasteiger partial charge in [-0.05, 0) is 26.0 Å². The molecule has 0 unspecified atom stereocenters. The van der Waals surface area contributed by atoms with Crippen LogP contribution < -0.4 is 15.6 Å². The average Bonchev–Trinajstić information content (AvgIpc) is 3.14. The summed E-state index contributed by atoms with van der Waals surface area (Å²) in [6.45, 7) is 4.20. The van der Waals surface area contributed by atoms with E-state index in [9.17, 15) is 9.59 Å². The number of thiazole rings is 1. The number of hydrogen-bond acceptors (Lipinski definition) is 5. The zero-order valence-corrected chi connectivity index (χ0v) is 17.0. The van der Waals surface area contributed by atoms with Crippen molar-refractivity contribution in [1.82, 2.24) is 15.8 Å². The zero-order chi connectivity index (χ0) is 20.6. The average molecular weight is 407 g/mol. The summed E-state index contributed by atoms with van der Waals surface area (Å²) in [5.41, 5.74) is 7.16. The van der Waals surface area contributed by atoms with E-state index in [1.165, 1.54) is 17.4 Å². The normalized spacial score (nSPS) is 10.7.